The van der Waals surface area contributed by atoms with Crippen molar-refractivity contribution in [1.82, 2.24) is 0 Å². The zero-order valence-electron chi connectivity index (χ0n) is 10.3. The van der Waals surface area contributed by atoms with Crippen LogP contribution in [-0.2, 0) is 6.42 Å². The lowest BCUT2D eigenvalue weighted by Crippen LogP contribution is -2.09. The van der Waals surface area contributed by atoms with E-state index >= 15 is 0 Å². The van der Waals surface area contributed by atoms with Crippen LogP contribution in [0.15, 0.2) is 41.8 Å². The van der Waals surface area contributed by atoms with Crippen LogP contribution >= 0.6 is 11.3 Å². The highest BCUT2D eigenvalue weighted by atomic mass is 32.1. The zero-order valence-corrected chi connectivity index (χ0v) is 11.1. The van der Waals surface area contributed by atoms with E-state index in [2.05, 4.69) is 66.1 Å². The molecule has 2 rings (SSSR count). The monoisotopic (exact) mass is 246 g/mol. The molecule has 0 spiro atoms. The second-order valence-electron chi connectivity index (χ2n) is 4.20. The lowest BCUT2D eigenvalue weighted by Gasteiger charge is -2.14. The first-order chi connectivity index (χ1) is 8.25. The molecular weight excluding hydrogens is 228 g/mol. The van der Waals surface area contributed by atoms with Crippen LogP contribution in [0, 0.1) is 0 Å². The van der Waals surface area contributed by atoms with Gasteiger partial charge in [-0.1, -0.05) is 12.1 Å². The van der Waals surface area contributed by atoms with E-state index in [9.17, 15) is 0 Å². The molecule has 1 N–H and O–H groups in total. The highest BCUT2D eigenvalue weighted by Crippen LogP contribution is 2.17. The number of benzene rings is 1. The Labute approximate surface area is 107 Å². The predicted octanol–water partition coefficient (Wildman–Crippen LogP) is 3.47. The molecule has 0 unspecified atom stereocenters. The maximum absolute atomic E-state index is 3.46. The Morgan fingerprint density at radius 1 is 1.18 bits per heavy atom. The smallest absolute Gasteiger partial charge is 0.0381 e. The third kappa shape index (κ3) is 3.49. The molecule has 17 heavy (non-hydrogen) atoms. The average molecular weight is 246 g/mol. The molecular formula is C14H18N2S. The maximum atomic E-state index is 3.46. The average Bonchev–Trinajstić information content (AvgIpc) is 2.82. The summed E-state index contributed by atoms with van der Waals surface area (Å²) in [6.45, 7) is 0.984. The van der Waals surface area contributed by atoms with Crippen molar-refractivity contribution in [3.05, 3.63) is 46.7 Å². The second-order valence-corrected chi connectivity index (χ2v) is 5.23. The fraction of sp³-hybridized carbons (Fsp3) is 0.286. The van der Waals surface area contributed by atoms with Crippen molar-refractivity contribution in [2.24, 2.45) is 0 Å². The number of nitrogens with one attached hydrogen (secondary N) is 1. The fourth-order valence-corrected chi connectivity index (χ4v) is 2.39. The molecule has 0 radical (unpaired) electrons. The van der Waals surface area contributed by atoms with Crippen molar-refractivity contribution in [3.63, 3.8) is 0 Å². The van der Waals surface area contributed by atoms with Gasteiger partial charge in [-0.2, -0.15) is 0 Å². The molecule has 0 aliphatic carbocycles. The molecule has 1 aromatic carbocycles. The zero-order chi connectivity index (χ0) is 12.1. The molecule has 0 atom stereocenters. The summed E-state index contributed by atoms with van der Waals surface area (Å²) in [4.78, 5) is 3.55. The first-order valence-electron chi connectivity index (χ1n) is 5.79. The van der Waals surface area contributed by atoms with Crippen molar-refractivity contribution in [3.8, 4) is 0 Å². The van der Waals surface area contributed by atoms with E-state index in [4.69, 9.17) is 0 Å². The summed E-state index contributed by atoms with van der Waals surface area (Å²) in [5.41, 5.74) is 2.42. The van der Waals surface area contributed by atoms with Gasteiger partial charge in [-0.25, -0.2) is 0 Å². The van der Waals surface area contributed by atoms with E-state index in [1.807, 2.05) is 11.3 Å². The molecule has 0 bridgehead atoms. The third-order valence-corrected chi connectivity index (χ3v) is 3.58. The van der Waals surface area contributed by atoms with Gasteiger partial charge in [0.2, 0.25) is 0 Å². The van der Waals surface area contributed by atoms with Crippen molar-refractivity contribution < 1.29 is 0 Å². The van der Waals surface area contributed by atoms with Gasteiger partial charge in [0.1, 0.15) is 0 Å². The van der Waals surface area contributed by atoms with Gasteiger partial charge in [0.25, 0.3) is 0 Å². The number of thiophene rings is 1. The van der Waals surface area contributed by atoms with E-state index in [0.717, 1.165) is 13.0 Å². The summed E-state index contributed by atoms with van der Waals surface area (Å²) in [5, 5.41) is 5.59. The van der Waals surface area contributed by atoms with Gasteiger partial charge in [0.15, 0.2) is 0 Å². The lowest BCUT2D eigenvalue weighted by atomic mass is 10.2. The van der Waals surface area contributed by atoms with E-state index in [1.54, 1.807) is 0 Å². The Kier molecular flexibility index (Phi) is 4.04. The van der Waals surface area contributed by atoms with Crippen molar-refractivity contribution in [1.29, 1.82) is 0 Å². The van der Waals surface area contributed by atoms with Crippen molar-refractivity contribution >= 4 is 22.7 Å². The van der Waals surface area contributed by atoms with Crippen LogP contribution < -0.4 is 10.2 Å². The molecule has 90 valence electrons. The summed E-state index contributed by atoms with van der Waals surface area (Å²) in [6.07, 6.45) is 1.09. The predicted molar refractivity (Wildman–Crippen MR) is 77.3 cm³/mol. The molecule has 2 aromatic rings. The second kappa shape index (κ2) is 5.73. The summed E-state index contributed by atoms with van der Waals surface area (Å²) in [6, 6.07) is 12.8. The molecule has 0 aliphatic heterocycles. The minimum absolute atomic E-state index is 0.984. The maximum Gasteiger partial charge on any atom is 0.0381 e. The third-order valence-electron chi connectivity index (χ3n) is 2.64. The largest absolute Gasteiger partial charge is 0.385 e. The van der Waals surface area contributed by atoms with Gasteiger partial charge >= 0.3 is 0 Å². The Balaban J connectivity index is 1.88. The van der Waals surface area contributed by atoms with E-state index in [-0.39, 0.29) is 0 Å². The summed E-state index contributed by atoms with van der Waals surface area (Å²) >= 11 is 1.82. The van der Waals surface area contributed by atoms with Gasteiger partial charge in [-0.15, -0.1) is 11.3 Å². The van der Waals surface area contributed by atoms with Gasteiger partial charge in [-0.05, 0) is 36.1 Å². The number of anilines is 2. The van der Waals surface area contributed by atoms with E-state index < -0.39 is 0 Å². The minimum atomic E-state index is 0.984. The van der Waals surface area contributed by atoms with E-state index in [1.165, 1.54) is 16.3 Å². The van der Waals surface area contributed by atoms with Crippen LogP contribution in [0.1, 0.15) is 4.88 Å². The summed E-state index contributed by atoms with van der Waals surface area (Å²) in [5.74, 6) is 0. The molecule has 0 amide bonds. The topological polar surface area (TPSA) is 15.3 Å². The number of hydrogen-bond donors (Lipinski definition) is 1. The normalized spacial score (nSPS) is 10.2. The standard InChI is InChI=1S/C14H18N2S/c1-16(2)13-6-3-5-12(11-13)15-9-8-14-7-4-10-17-14/h3-7,10-11,15H,8-9H2,1-2H3. The molecule has 1 aromatic heterocycles. The molecule has 0 saturated carbocycles. The molecule has 0 aliphatic rings. The van der Waals surface area contributed by atoms with Gasteiger partial charge in [-0.3, -0.25) is 0 Å². The van der Waals surface area contributed by atoms with Gasteiger partial charge in [0, 0.05) is 36.9 Å². The number of rotatable bonds is 5. The summed E-state index contributed by atoms with van der Waals surface area (Å²) < 4.78 is 0. The first-order valence-corrected chi connectivity index (χ1v) is 6.67. The molecule has 1 heterocycles. The highest BCUT2D eigenvalue weighted by Gasteiger charge is 1.98. The first kappa shape index (κ1) is 12.0. The van der Waals surface area contributed by atoms with Crippen LogP contribution in [0.25, 0.3) is 0 Å². The minimum Gasteiger partial charge on any atom is -0.385 e. The number of nitrogens with zero attached hydrogens (tertiary/aromatic N) is 1. The lowest BCUT2D eigenvalue weighted by molar-refractivity contribution is 1.04. The molecule has 3 heteroatoms. The van der Waals surface area contributed by atoms with Crippen LogP contribution in [0.5, 0.6) is 0 Å². The Hall–Kier alpha value is -1.48. The Morgan fingerprint density at radius 3 is 2.76 bits per heavy atom. The van der Waals surface area contributed by atoms with Gasteiger partial charge in [0.05, 0.1) is 0 Å². The Morgan fingerprint density at radius 2 is 2.06 bits per heavy atom. The van der Waals surface area contributed by atoms with Crippen molar-refractivity contribution in [2.45, 2.75) is 6.42 Å². The highest BCUT2D eigenvalue weighted by molar-refractivity contribution is 7.09. The number of hydrogen-bond acceptors (Lipinski definition) is 3. The Bertz CT molecular complexity index is 449. The van der Waals surface area contributed by atoms with Gasteiger partial charge < -0.3 is 10.2 Å². The van der Waals surface area contributed by atoms with Crippen LogP contribution in [-0.4, -0.2) is 20.6 Å². The van der Waals surface area contributed by atoms with Crippen molar-refractivity contribution in [2.75, 3.05) is 30.9 Å². The fourth-order valence-electron chi connectivity index (χ4n) is 1.68. The quantitative estimate of drug-likeness (QED) is 0.869. The van der Waals surface area contributed by atoms with Crippen LogP contribution in [0.4, 0.5) is 11.4 Å². The molecule has 2 nitrogen and oxygen atoms in total. The SMILES string of the molecule is CN(C)c1cccc(NCCc2cccs2)c1. The molecule has 0 fully saturated rings. The molecule has 0 saturated heterocycles. The summed E-state index contributed by atoms with van der Waals surface area (Å²) in [7, 11) is 4.12. The van der Waals surface area contributed by atoms with Crippen LogP contribution in [0.2, 0.25) is 0 Å². The van der Waals surface area contributed by atoms with Crippen LogP contribution in [0.3, 0.4) is 0 Å². The van der Waals surface area contributed by atoms with E-state index in [0.29, 0.717) is 0 Å².